The van der Waals surface area contributed by atoms with Crippen LogP contribution < -0.4 is 30.4 Å². The molecule has 1 saturated heterocycles. The van der Waals surface area contributed by atoms with Gasteiger partial charge >= 0.3 is 0 Å². The maximum Gasteiger partial charge on any atom is 0.263 e. The molecule has 0 unspecified atom stereocenters. The van der Waals surface area contributed by atoms with E-state index in [0.717, 1.165) is 24.1 Å². The van der Waals surface area contributed by atoms with Crippen LogP contribution >= 0.6 is 0 Å². The number of rotatable bonds is 5. The molecule has 3 aliphatic heterocycles. The van der Waals surface area contributed by atoms with Crippen molar-refractivity contribution in [3.63, 3.8) is 0 Å². The highest BCUT2D eigenvalue weighted by atomic mass is 16.5. The Bertz CT molecular complexity index is 1680. The van der Waals surface area contributed by atoms with Gasteiger partial charge in [-0.2, -0.15) is 0 Å². The lowest BCUT2D eigenvalue weighted by molar-refractivity contribution is -0.123. The third-order valence-corrected chi connectivity index (χ3v) is 8.50. The molecule has 2 fully saturated rings. The zero-order valence-electron chi connectivity index (χ0n) is 25.8. The van der Waals surface area contributed by atoms with Crippen molar-refractivity contribution in [2.75, 3.05) is 26.3 Å². The number of nitrogens with zero attached hydrogens (tertiary/aromatic N) is 2. The van der Waals surface area contributed by atoms with Crippen LogP contribution in [0.25, 0.3) is 0 Å². The predicted molar refractivity (Wildman–Crippen MR) is 166 cm³/mol. The largest absolute Gasteiger partial charge is 0.493 e. The zero-order chi connectivity index (χ0) is 31.7. The van der Waals surface area contributed by atoms with Crippen LogP contribution in [0.1, 0.15) is 57.3 Å². The number of ether oxygens (including phenoxy) is 3. The van der Waals surface area contributed by atoms with Gasteiger partial charge in [-0.15, -0.1) is 0 Å². The SMILES string of the molecule is CCn1c(C)cc(C)c(C(=O)N2C[C@@H]3NC(=O)c4cc(cc(OCC5CC5)c4)OCC(=O)NCc4ccc(cc4)O[C@H]3C2)c1=O. The van der Waals surface area contributed by atoms with Crippen molar-refractivity contribution in [1.29, 1.82) is 0 Å². The molecule has 1 saturated carbocycles. The van der Waals surface area contributed by atoms with Crippen LogP contribution in [0.3, 0.4) is 0 Å². The normalized spacial score (nSPS) is 19.9. The first-order valence-corrected chi connectivity index (χ1v) is 15.4. The number of nitrogens with one attached hydrogen (secondary N) is 2. The average molecular weight is 615 g/mol. The lowest BCUT2D eigenvalue weighted by Crippen LogP contribution is -2.45. The van der Waals surface area contributed by atoms with Crippen LogP contribution in [0.5, 0.6) is 17.2 Å². The van der Waals surface area contributed by atoms with Gasteiger partial charge in [0.05, 0.1) is 19.2 Å². The van der Waals surface area contributed by atoms with E-state index in [9.17, 15) is 19.2 Å². The van der Waals surface area contributed by atoms with Crippen molar-refractivity contribution >= 4 is 17.7 Å². The Morgan fingerprint density at radius 3 is 2.51 bits per heavy atom. The van der Waals surface area contributed by atoms with Gasteiger partial charge in [0.2, 0.25) is 0 Å². The first-order valence-electron chi connectivity index (χ1n) is 15.4. The summed E-state index contributed by atoms with van der Waals surface area (Å²) in [6, 6.07) is 13.4. The molecule has 1 aliphatic carbocycles. The molecular formula is C34H38N4O7. The molecule has 4 bridgehead atoms. The molecule has 2 atom stereocenters. The van der Waals surface area contributed by atoms with E-state index in [-0.39, 0.29) is 42.3 Å². The fourth-order valence-electron chi connectivity index (χ4n) is 5.82. The minimum Gasteiger partial charge on any atom is -0.493 e. The molecule has 3 amide bonds. The molecular weight excluding hydrogens is 576 g/mol. The van der Waals surface area contributed by atoms with Gasteiger partial charge in [0.25, 0.3) is 23.3 Å². The molecule has 2 N–H and O–H groups in total. The molecule has 11 nitrogen and oxygen atoms in total. The number of amides is 3. The number of pyridine rings is 1. The van der Waals surface area contributed by atoms with Crippen molar-refractivity contribution in [1.82, 2.24) is 20.1 Å². The quantitative estimate of drug-likeness (QED) is 0.452. The highest BCUT2D eigenvalue weighted by Gasteiger charge is 2.39. The number of aromatic nitrogens is 1. The maximum atomic E-state index is 13.9. The molecule has 45 heavy (non-hydrogen) atoms. The van der Waals surface area contributed by atoms with E-state index in [1.165, 1.54) is 0 Å². The second kappa shape index (κ2) is 12.7. The molecule has 0 radical (unpaired) electrons. The fourth-order valence-corrected chi connectivity index (χ4v) is 5.82. The Morgan fingerprint density at radius 2 is 1.78 bits per heavy atom. The summed E-state index contributed by atoms with van der Waals surface area (Å²) in [7, 11) is 0. The van der Waals surface area contributed by atoms with Gasteiger partial charge in [0, 0.05) is 37.0 Å². The van der Waals surface area contributed by atoms with E-state index < -0.39 is 24.0 Å². The first-order chi connectivity index (χ1) is 21.7. The van der Waals surface area contributed by atoms with Gasteiger partial charge in [-0.05, 0) is 81.0 Å². The average Bonchev–Trinajstić information content (AvgIpc) is 3.77. The van der Waals surface area contributed by atoms with E-state index in [2.05, 4.69) is 10.6 Å². The second-order valence-electron chi connectivity index (χ2n) is 12.0. The monoisotopic (exact) mass is 614 g/mol. The second-order valence-corrected chi connectivity index (χ2v) is 12.0. The number of hydrogen-bond acceptors (Lipinski definition) is 7. The van der Waals surface area contributed by atoms with E-state index in [1.807, 2.05) is 32.0 Å². The van der Waals surface area contributed by atoms with Crippen molar-refractivity contribution in [2.45, 2.75) is 58.8 Å². The van der Waals surface area contributed by atoms with Crippen molar-refractivity contribution in [3.05, 3.63) is 86.8 Å². The lowest BCUT2D eigenvalue weighted by Gasteiger charge is -2.21. The van der Waals surface area contributed by atoms with Gasteiger partial charge in [-0.1, -0.05) is 12.1 Å². The summed E-state index contributed by atoms with van der Waals surface area (Å²) in [6.07, 6.45) is 1.62. The summed E-state index contributed by atoms with van der Waals surface area (Å²) in [5.41, 5.74) is 2.35. The van der Waals surface area contributed by atoms with E-state index in [0.29, 0.717) is 48.4 Å². The maximum absolute atomic E-state index is 13.9. The number of benzene rings is 2. The number of hydrogen-bond donors (Lipinski definition) is 2. The first kappa shape index (κ1) is 30.2. The molecule has 0 spiro atoms. The summed E-state index contributed by atoms with van der Waals surface area (Å²) in [5.74, 6) is 0.738. The van der Waals surface area contributed by atoms with E-state index in [4.69, 9.17) is 14.2 Å². The van der Waals surface area contributed by atoms with Crippen LogP contribution in [0, 0.1) is 19.8 Å². The van der Waals surface area contributed by atoms with Crippen molar-refractivity contribution in [2.24, 2.45) is 5.92 Å². The third kappa shape index (κ3) is 6.82. The number of aryl methyl sites for hydroxylation is 2. The Morgan fingerprint density at radius 1 is 1.00 bits per heavy atom. The van der Waals surface area contributed by atoms with Gasteiger partial charge in [0.15, 0.2) is 6.61 Å². The van der Waals surface area contributed by atoms with Crippen molar-refractivity contribution < 1.29 is 28.6 Å². The standard InChI is InChI=1S/C34H38N4O7/c1-4-38-21(3)11-20(2)31(34(38)42)33(41)37-16-28-29(17-37)45-25-9-7-22(8-10-25)15-35-30(39)19-44-27-13-24(32(40)36-28)12-26(14-27)43-18-23-5-6-23/h7-14,23,28-29H,4-6,15-19H2,1-3H3,(H,35,39)(H,36,40)/t28-,29-/m0/s1. The number of fused-ring (bicyclic) bond motifs is 7. The number of carbonyl (C=O) groups is 3. The zero-order valence-corrected chi connectivity index (χ0v) is 25.8. The molecule has 2 aromatic carbocycles. The Hall–Kier alpha value is -4.80. The van der Waals surface area contributed by atoms with Crippen LogP contribution in [-0.4, -0.2) is 65.6 Å². The third-order valence-electron chi connectivity index (χ3n) is 8.50. The molecule has 236 valence electrons. The topological polar surface area (TPSA) is 128 Å². The van der Waals surface area contributed by atoms with Crippen LogP contribution in [0.4, 0.5) is 0 Å². The Kier molecular flexibility index (Phi) is 8.51. The highest BCUT2D eigenvalue weighted by molar-refractivity contribution is 5.97. The molecule has 4 heterocycles. The molecule has 11 heteroatoms. The summed E-state index contributed by atoms with van der Waals surface area (Å²) in [4.78, 5) is 55.0. The van der Waals surface area contributed by atoms with Crippen LogP contribution in [0.15, 0.2) is 53.3 Å². The smallest absolute Gasteiger partial charge is 0.263 e. The summed E-state index contributed by atoms with van der Waals surface area (Å²) >= 11 is 0. The molecule has 1 aromatic heterocycles. The van der Waals surface area contributed by atoms with Crippen molar-refractivity contribution in [3.8, 4) is 17.2 Å². The van der Waals surface area contributed by atoms with Gasteiger partial charge in [-0.3, -0.25) is 19.2 Å². The predicted octanol–water partition coefficient (Wildman–Crippen LogP) is 2.98. The Balaban J connectivity index is 1.31. The number of carbonyl (C=O) groups excluding carboxylic acids is 3. The minimum atomic E-state index is -0.594. The summed E-state index contributed by atoms with van der Waals surface area (Å²) in [6.45, 7) is 6.86. The lowest BCUT2D eigenvalue weighted by atomic mass is 10.1. The molecule has 7 rings (SSSR count). The summed E-state index contributed by atoms with van der Waals surface area (Å²) in [5, 5.41) is 5.89. The molecule has 4 aliphatic rings. The highest BCUT2D eigenvalue weighted by Crippen LogP contribution is 2.31. The van der Waals surface area contributed by atoms with Gasteiger partial charge in [0.1, 0.15) is 28.9 Å². The van der Waals surface area contributed by atoms with Crippen LogP contribution in [0.2, 0.25) is 0 Å². The van der Waals surface area contributed by atoms with Gasteiger partial charge < -0.3 is 34.3 Å². The Labute approximate surface area is 261 Å². The van der Waals surface area contributed by atoms with E-state index in [1.54, 1.807) is 46.7 Å². The van der Waals surface area contributed by atoms with E-state index >= 15 is 0 Å². The fraction of sp³-hybridized carbons (Fsp3) is 0.412. The summed E-state index contributed by atoms with van der Waals surface area (Å²) < 4.78 is 19.7. The minimum absolute atomic E-state index is 0.122. The van der Waals surface area contributed by atoms with Crippen LogP contribution in [-0.2, 0) is 17.9 Å². The van der Waals surface area contributed by atoms with Gasteiger partial charge in [-0.25, -0.2) is 0 Å². The molecule has 3 aromatic rings. The number of likely N-dealkylation sites (tertiary alicyclic amines) is 1.